The Morgan fingerprint density at radius 3 is 2.86 bits per heavy atom. The van der Waals surface area contributed by atoms with Gasteiger partial charge in [-0.15, -0.1) is 0 Å². The van der Waals surface area contributed by atoms with Crippen molar-refractivity contribution in [2.45, 2.75) is 44.0 Å². The van der Waals surface area contributed by atoms with Gasteiger partial charge in [-0.3, -0.25) is 14.7 Å². The number of hydrogen-bond donors (Lipinski definition) is 0. The highest BCUT2D eigenvalue weighted by atomic mass is 16.5. The first-order chi connectivity index (χ1) is 13.7. The minimum atomic E-state index is -0.387. The van der Waals surface area contributed by atoms with Crippen LogP contribution in [0.5, 0.6) is 0 Å². The zero-order valence-corrected chi connectivity index (χ0v) is 16.4. The van der Waals surface area contributed by atoms with Gasteiger partial charge in [0.05, 0.1) is 24.4 Å². The van der Waals surface area contributed by atoms with Crippen LogP contribution in [-0.2, 0) is 28.2 Å². The van der Waals surface area contributed by atoms with Gasteiger partial charge in [0.2, 0.25) is 0 Å². The Morgan fingerprint density at radius 1 is 1.25 bits per heavy atom. The normalized spacial score (nSPS) is 26.5. The summed E-state index contributed by atoms with van der Waals surface area (Å²) in [6, 6.07) is 14.5. The molecule has 1 amide bonds. The Labute approximate surface area is 166 Å². The molecule has 3 aliphatic rings. The first-order valence-electron chi connectivity index (χ1n) is 10.3. The van der Waals surface area contributed by atoms with Gasteiger partial charge in [-0.2, -0.15) is 0 Å². The summed E-state index contributed by atoms with van der Waals surface area (Å²) in [6.45, 7) is 3.20. The maximum Gasteiger partial charge on any atom is 0.251 e. The van der Waals surface area contributed by atoms with E-state index >= 15 is 0 Å². The molecule has 1 aromatic carbocycles. The molecule has 5 heteroatoms. The van der Waals surface area contributed by atoms with Gasteiger partial charge in [0, 0.05) is 32.8 Å². The monoisotopic (exact) mass is 377 g/mol. The van der Waals surface area contributed by atoms with Crippen LogP contribution in [0.25, 0.3) is 0 Å². The fourth-order valence-corrected chi connectivity index (χ4v) is 4.78. The van der Waals surface area contributed by atoms with Crippen molar-refractivity contribution in [1.82, 2.24) is 14.8 Å². The highest BCUT2D eigenvalue weighted by Gasteiger charge is 2.53. The molecule has 0 N–H and O–H groups in total. The molecule has 1 saturated carbocycles. The zero-order chi connectivity index (χ0) is 19.1. The molecule has 2 fully saturated rings. The number of fused-ring (bicyclic) bond motifs is 2. The molecule has 0 unspecified atom stereocenters. The van der Waals surface area contributed by atoms with Crippen LogP contribution in [0.4, 0.5) is 0 Å². The molecule has 1 spiro atoms. The predicted octanol–water partition coefficient (Wildman–Crippen LogP) is 2.95. The highest BCUT2D eigenvalue weighted by molar-refractivity contribution is 5.81. The van der Waals surface area contributed by atoms with Gasteiger partial charge in [-0.1, -0.05) is 30.3 Å². The van der Waals surface area contributed by atoms with Gasteiger partial charge in [0.1, 0.15) is 6.10 Å². The minimum absolute atomic E-state index is 0.0540. The molecular weight excluding hydrogens is 350 g/mol. The van der Waals surface area contributed by atoms with Crippen molar-refractivity contribution in [2.75, 3.05) is 20.2 Å². The molecular formula is C23H27N3O2. The van der Waals surface area contributed by atoms with Gasteiger partial charge >= 0.3 is 0 Å². The first kappa shape index (κ1) is 17.8. The molecule has 146 valence electrons. The standard InChI is InChI=1S/C23H27N3O2/c1-25(15-19-7-4-5-11-24-19)22(27)21-12-23(16-28-21)20-8-3-2-6-18(20)14-26(23)13-17-9-10-17/h2-8,11,17,21H,9-10,12-16H2,1H3/t21-,23-/m1/s1. The summed E-state index contributed by atoms with van der Waals surface area (Å²) in [7, 11) is 1.84. The lowest BCUT2D eigenvalue weighted by molar-refractivity contribution is -0.140. The number of pyridine rings is 1. The van der Waals surface area contributed by atoms with Crippen molar-refractivity contribution < 1.29 is 9.53 Å². The highest BCUT2D eigenvalue weighted by Crippen LogP contribution is 2.48. The second kappa shape index (κ2) is 6.98. The Morgan fingerprint density at radius 2 is 2.07 bits per heavy atom. The number of likely N-dealkylation sites (N-methyl/N-ethyl adjacent to an activating group) is 1. The average Bonchev–Trinajstić information content (AvgIpc) is 3.34. The number of amides is 1. The van der Waals surface area contributed by atoms with Gasteiger partial charge in [0.15, 0.2) is 0 Å². The molecule has 1 aromatic heterocycles. The average molecular weight is 377 g/mol. The van der Waals surface area contributed by atoms with E-state index in [-0.39, 0.29) is 17.6 Å². The maximum absolute atomic E-state index is 13.1. The first-order valence-corrected chi connectivity index (χ1v) is 10.3. The van der Waals surface area contributed by atoms with Crippen LogP contribution in [0, 0.1) is 5.92 Å². The van der Waals surface area contributed by atoms with Gasteiger partial charge in [-0.05, 0) is 42.0 Å². The molecule has 3 heterocycles. The number of rotatable bonds is 5. The SMILES string of the molecule is CN(Cc1ccccn1)C(=O)[C@H]1C[C@@]2(CO1)c1ccccc1CN2CC1CC1. The second-order valence-corrected chi connectivity index (χ2v) is 8.53. The number of nitrogens with zero attached hydrogens (tertiary/aromatic N) is 3. The fraction of sp³-hybridized carbons (Fsp3) is 0.478. The van der Waals surface area contributed by atoms with E-state index in [0.29, 0.717) is 13.2 Å². The second-order valence-electron chi connectivity index (χ2n) is 8.53. The summed E-state index contributed by atoms with van der Waals surface area (Å²) in [4.78, 5) is 21.8. The van der Waals surface area contributed by atoms with E-state index in [0.717, 1.165) is 31.1 Å². The Hall–Kier alpha value is -2.24. The largest absolute Gasteiger partial charge is 0.366 e. The van der Waals surface area contributed by atoms with Crippen LogP contribution in [-0.4, -0.2) is 47.0 Å². The number of ether oxygens (including phenoxy) is 1. The summed E-state index contributed by atoms with van der Waals surface area (Å²) in [5.74, 6) is 0.867. The molecule has 0 bridgehead atoms. The molecule has 2 aromatic rings. The van der Waals surface area contributed by atoms with Crippen molar-refractivity contribution in [2.24, 2.45) is 5.92 Å². The topological polar surface area (TPSA) is 45.7 Å². The third-order valence-corrected chi connectivity index (χ3v) is 6.48. The fourth-order valence-electron chi connectivity index (χ4n) is 4.78. The van der Waals surface area contributed by atoms with Crippen molar-refractivity contribution in [3.63, 3.8) is 0 Å². The van der Waals surface area contributed by atoms with Crippen LogP contribution < -0.4 is 0 Å². The van der Waals surface area contributed by atoms with Crippen molar-refractivity contribution >= 4 is 5.91 Å². The van der Waals surface area contributed by atoms with Gasteiger partial charge in [-0.25, -0.2) is 0 Å². The van der Waals surface area contributed by atoms with Crippen molar-refractivity contribution in [3.8, 4) is 0 Å². The number of aromatic nitrogens is 1. The number of carbonyl (C=O) groups excluding carboxylic acids is 1. The van der Waals surface area contributed by atoms with Crippen molar-refractivity contribution in [3.05, 3.63) is 65.5 Å². The van der Waals surface area contributed by atoms with E-state index in [1.165, 1.54) is 24.0 Å². The van der Waals surface area contributed by atoms with E-state index < -0.39 is 0 Å². The van der Waals surface area contributed by atoms with Crippen LogP contribution in [0.2, 0.25) is 0 Å². The van der Waals surface area contributed by atoms with E-state index in [1.807, 2.05) is 25.2 Å². The minimum Gasteiger partial charge on any atom is -0.366 e. The molecule has 0 radical (unpaired) electrons. The zero-order valence-electron chi connectivity index (χ0n) is 16.4. The van der Waals surface area contributed by atoms with Crippen LogP contribution in [0.1, 0.15) is 36.1 Å². The summed E-state index contributed by atoms with van der Waals surface area (Å²) >= 11 is 0. The lowest BCUT2D eigenvalue weighted by Gasteiger charge is -2.35. The third-order valence-electron chi connectivity index (χ3n) is 6.48. The van der Waals surface area contributed by atoms with E-state index in [9.17, 15) is 4.79 Å². The molecule has 28 heavy (non-hydrogen) atoms. The number of hydrogen-bond acceptors (Lipinski definition) is 4. The summed E-state index contributed by atoms with van der Waals surface area (Å²) in [5, 5.41) is 0. The molecule has 1 aliphatic carbocycles. The molecule has 2 atom stereocenters. The van der Waals surface area contributed by atoms with Gasteiger partial charge < -0.3 is 9.64 Å². The van der Waals surface area contributed by atoms with Crippen LogP contribution in [0.3, 0.4) is 0 Å². The Kier molecular flexibility index (Phi) is 4.44. The van der Waals surface area contributed by atoms with Crippen molar-refractivity contribution in [1.29, 1.82) is 0 Å². The van der Waals surface area contributed by atoms with Crippen LogP contribution in [0.15, 0.2) is 48.7 Å². The summed E-state index contributed by atoms with van der Waals surface area (Å²) in [5.41, 5.74) is 3.50. The Balaban J connectivity index is 1.34. The molecule has 5 nitrogen and oxygen atoms in total. The molecule has 5 rings (SSSR count). The predicted molar refractivity (Wildman–Crippen MR) is 106 cm³/mol. The summed E-state index contributed by atoms with van der Waals surface area (Å²) < 4.78 is 6.15. The molecule has 2 aliphatic heterocycles. The lowest BCUT2D eigenvalue weighted by atomic mass is 9.86. The van der Waals surface area contributed by atoms with Crippen LogP contribution >= 0.6 is 0 Å². The quantitative estimate of drug-likeness (QED) is 0.804. The van der Waals surface area contributed by atoms with E-state index in [2.05, 4.69) is 34.1 Å². The molecule has 1 saturated heterocycles. The van der Waals surface area contributed by atoms with Gasteiger partial charge in [0.25, 0.3) is 5.91 Å². The van der Waals surface area contributed by atoms with E-state index in [1.54, 1.807) is 11.1 Å². The Bertz CT molecular complexity index is 867. The summed E-state index contributed by atoms with van der Waals surface area (Å²) in [6.07, 6.45) is 4.78. The van der Waals surface area contributed by atoms with E-state index in [4.69, 9.17) is 4.74 Å². The maximum atomic E-state index is 13.1. The third kappa shape index (κ3) is 3.12. The number of benzene rings is 1. The smallest absolute Gasteiger partial charge is 0.251 e. The number of carbonyl (C=O) groups is 1. The lowest BCUT2D eigenvalue weighted by Crippen LogP contribution is -2.44.